The van der Waals surface area contributed by atoms with Crippen LogP contribution in [0.15, 0.2) is 54.6 Å². The normalized spacial score (nSPS) is 11.9. The predicted octanol–water partition coefficient (Wildman–Crippen LogP) is 7.32. The van der Waals surface area contributed by atoms with Gasteiger partial charge in [-0.05, 0) is 41.3 Å². The van der Waals surface area contributed by atoms with Gasteiger partial charge in [-0.1, -0.05) is 79.8 Å². The average molecular weight is 447 g/mol. The molecule has 0 saturated carbocycles. The van der Waals surface area contributed by atoms with Crippen molar-refractivity contribution in [1.82, 2.24) is 4.73 Å². The number of nitrogens with zero attached hydrogens (tertiary/aromatic N) is 1. The highest BCUT2D eigenvalue weighted by Crippen LogP contribution is 2.34. The van der Waals surface area contributed by atoms with Crippen LogP contribution in [0.3, 0.4) is 0 Å². The van der Waals surface area contributed by atoms with Crippen LogP contribution in [0.2, 0.25) is 15.1 Å². The summed E-state index contributed by atoms with van der Waals surface area (Å²) in [5.74, 6) is -0.654. The summed E-state index contributed by atoms with van der Waals surface area (Å²) in [4.78, 5) is 18.7. The van der Waals surface area contributed by atoms with E-state index in [4.69, 9.17) is 39.6 Å². The van der Waals surface area contributed by atoms with Gasteiger partial charge in [-0.25, -0.2) is 4.79 Å². The summed E-state index contributed by atoms with van der Waals surface area (Å²) in [6.45, 7) is 6.49. The lowest BCUT2D eigenvalue weighted by Crippen LogP contribution is -2.20. The van der Waals surface area contributed by atoms with Crippen LogP contribution >= 0.6 is 34.8 Å². The highest BCUT2D eigenvalue weighted by Gasteiger charge is 2.22. The fourth-order valence-corrected chi connectivity index (χ4v) is 4.34. The Bertz CT molecular complexity index is 1250. The van der Waals surface area contributed by atoms with Gasteiger partial charge in [0.25, 0.3) is 0 Å². The van der Waals surface area contributed by atoms with E-state index in [1.807, 2.05) is 36.4 Å². The van der Waals surface area contributed by atoms with Crippen LogP contribution < -0.4 is 4.84 Å². The standard InChI is InChI=1S/C23H18Cl3NO2/c1-23(2,3)13-8-9-20-16(10-13)15-6-4-5-7-19(15)27(20)29-22(28)21-17(25)11-14(24)12-18(21)26/h4-12H,1-3H3. The lowest BCUT2D eigenvalue weighted by atomic mass is 9.86. The van der Waals surface area contributed by atoms with Gasteiger partial charge < -0.3 is 4.84 Å². The van der Waals surface area contributed by atoms with Gasteiger partial charge in [0.2, 0.25) is 0 Å². The quantitative estimate of drug-likeness (QED) is 0.323. The third-order valence-corrected chi connectivity index (χ3v) is 5.69. The first-order chi connectivity index (χ1) is 13.7. The predicted molar refractivity (Wildman–Crippen MR) is 121 cm³/mol. The van der Waals surface area contributed by atoms with Crippen LogP contribution in [-0.2, 0) is 5.41 Å². The molecule has 1 aromatic heterocycles. The Morgan fingerprint density at radius 1 is 0.862 bits per heavy atom. The van der Waals surface area contributed by atoms with Crippen LogP contribution in [0.5, 0.6) is 0 Å². The minimum Gasteiger partial charge on any atom is -0.330 e. The number of hydrogen-bond donors (Lipinski definition) is 0. The number of hydrogen-bond acceptors (Lipinski definition) is 2. The third kappa shape index (κ3) is 3.59. The lowest BCUT2D eigenvalue weighted by Gasteiger charge is -2.19. The van der Waals surface area contributed by atoms with E-state index >= 15 is 0 Å². The first-order valence-electron chi connectivity index (χ1n) is 9.08. The summed E-state index contributed by atoms with van der Waals surface area (Å²) < 4.78 is 1.53. The van der Waals surface area contributed by atoms with E-state index in [1.54, 1.807) is 0 Å². The molecular formula is C23H18Cl3NO2. The molecular weight excluding hydrogens is 429 g/mol. The second kappa shape index (κ2) is 7.24. The molecule has 0 aliphatic heterocycles. The molecule has 0 saturated heterocycles. The van der Waals surface area contributed by atoms with Gasteiger partial charge in [-0.3, -0.25) is 0 Å². The van der Waals surface area contributed by atoms with E-state index in [0.29, 0.717) is 5.02 Å². The van der Waals surface area contributed by atoms with Crippen molar-refractivity contribution in [2.75, 3.05) is 0 Å². The van der Waals surface area contributed by atoms with E-state index < -0.39 is 5.97 Å². The van der Waals surface area contributed by atoms with Gasteiger partial charge in [0, 0.05) is 15.8 Å². The number of benzene rings is 3. The second-order valence-electron chi connectivity index (χ2n) is 7.92. The first kappa shape index (κ1) is 20.1. The minimum atomic E-state index is -0.654. The van der Waals surface area contributed by atoms with Crippen molar-refractivity contribution >= 4 is 62.6 Å². The molecule has 0 N–H and O–H groups in total. The van der Waals surface area contributed by atoms with Crippen LogP contribution in [0.25, 0.3) is 21.8 Å². The number of aromatic nitrogens is 1. The van der Waals surface area contributed by atoms with Crippen molar-refractivity contribution in [3.63, 3.8) is 0 Å². The maximum absolute atomic E-state index is 12.9. The Hall–Kier alpha value is -2.20. The van der Waals surface area contributed by atoms with Gasteiger partial charge in [-0.15, -0.1) is 0 Å². The fourth-order valence-electron chi connectivity index (χ4n) is 3.37. The Kier molecular flexibility index (Phi) is 5.02. The molecule has 29 heavy (non-hydrogen) atoms. The second-order valence-corrected chi connectivity index (χ2v) is 9.17. The summed E-state index contributed by atoms with van der Waals surface area (Å²) in [7, 11) is 0. The van der Waals surface area contributed by atoms with Crippen molar-refractivity contribution in [3.8, 4) is 0 Å². The zero-order chi connectivity index (χ0) is 20.9. The number of fused-ring (bicyclic) bond motifs is 3. The van der Waals surface area contributed by atoms with E-state index in [0.717, 1.165) is 21.8 Å². The summed E-state index contributed by atoms with van der Waals surface area (Å²) in [5, 5.41) is 2.64. The minimum absolute atomic E-state index is 0.00156. The van der Waals surface area contributed by atoms with Gasteiger partial charge in [0.05, 0.1) is 26.6 Å². The van der Waals surface area contributed by atoms with Gasteiger partial charge in [0.1, 0.15) is 0 Å². The first-order valence-corrected chi connectivity index (χ1v) is 10.2. The molecule has 1 heterocycles. The monoisotopic (exact) mass is 445 g/mol. The molecule has 0 atom stereocenters. The zero-order valence-electron chi connectivity index (χ0n) is 16.1. The number of carbonyl (C=O) groups excluding carboxylic acids is 1. The summed E-state index contributed by atoms with van der Waals surface area (Å²) >= 11 is 18.3. The summed E-state index contributed by atoms with van der Waals surface area (Å²) in [6.07, 6.45) is 0. The molecule has 3 nitrogen and oxygen atoms in total. The van der Waals surface area contributed by atoms with E-state index in [1.165, 1.54) is 22.4 Å². The van der Waals surface area contributed by atoms with Crippen molar-refractivity contribution in [2.24, 2.45) is 0 Å². The Morgan fingerprint density at radius 3 is 2.14 bits per heavy atom. The van der Waals surface area contributed by atoms with Crippen molar-refractivity contribution < 1.29 is 9.63 Å². The number of halogens is 3. The molecule has 4 aromatic rings. The molecule has 0 bridgehead atoms. The zero-order valence-corrected chi connectivity index (χ0v) is 18.4. The van der Waals surface area contributed by atoms with Gasteiger partial charge in [0.15, 0.2) is 0 Å². The molecule has 3 aromatic carbocycles. The van der Waals surface area contributed by atoms with Crippen molar-refractivity contribution in [2.45, 2.75) is 26.2 Å². The van der Waals surface area contributed by atoms with Crippen LogP contribution in [0.4, 0.5) is 0 Å². The molecule has 6 heteroatoms. The van der Waals surface area contributed by atoms with E-state index in [2.05, 4.69) is 26.8 Å². The van der Waals surface area contributed by atoms with Gasteiger partial charge >= 0.3 is 5.97 Å². The fraction of sp³-hybridized carbons (Fsp3) is 0.174. The lowest BCUT2D eigenvalue weighted by molar-refractivity contribution is 0.0501. The maximum Gasteiger partial charge on any atom is 0.366 e. The summed E-state index contributed by atoms with van der Waals surface area (Å²) in [6, 6.07) is 16.9. The van der Waals surface area contributed by atoms with Crippen LogP contribution in [0, 0.1) is 0 Å². The summed E-state index contributed by atoms with van der Waals surface area (Å²) in [5.41, 5.74) is 2.84. The molecule has 0 unspecified atom stereocenters. The highest BCUT2D eigenvalue weighted by atomic mass is 35.5. The topological polar surface area (TPSA) is 31.2 Å². The molecule has 148 valence electrons. The third-order valence-electron chi connectivity index (χ3n) is 4.88. The Balaban J connectivity index is 1.88. The molecule has 0 aliphatic rings. The Labute approximate surface area is 183 Å². The van der Waals surface area contributed by atoms with Gasteiger partial charge in [-0.2, -0.15) is 4.73 Å². The van der Waals surface area contributed by atoms with E-state index in [-0.39, 0.29) is 21.0 Å². The average Bonchev–Trinajstić information content (AvgIpc) is 2.94. The smallest absolute Gasteiger partial charge is 0.330 e. The largest absolute Gasteiger partial charge is 0.366 e. The van der Waals surface area contributed by atoms with E-state index in [9.17, 15) is 4.79 Å². The van der Waals surface area contributed by atoms with Crippen LogP contribution in [-0.4, -0.2) is 10.7 Å². The SMILES string of the molecule is CC(C)(C)c1ccc2c(c1)c1ccccc1n2OC(=O)c1c(Cl)cc(Cl)cc1Cl. The molecule has 0 amide bonds. The molecule has 0 radical (unpaired) electrons. The maximum atomic E-state index is 12.9. The number of para-hydroxylation sites is 1. The highest BCUT2D eigenvalue weighted by molar-refractivity contribution is 6.41. The molecule has 4 rings (SSSR count). The Morgan fingerprint density at radius 2 is 1.48 bits per heavy atom. The van der Waals surface area contributed by atoms with Crippen LogP contribution in [0.1, 0.15) is 36.7 Å². The van der Waals surface area contributed by atoms with Crippen molar-refractivity contribution in [3.05, 3.63) is 80.8 Å². The number of rotatable bonds is 2. The molecule has 0 aliphatic carbocycles. The molecule has 0 fully saturated rings. The number of carbonyl (C=O) groups is 1. The molecule has 0 spiro atoms. The van der Waals surface area contributed by atoms with Crippen molar-refractivity contribution in [1.29, 1.82) is 0 Å².